The van der Waals surface area contributed by atoms with Gasteiger partial charge in [0.05, 0.1) is 0 Å². The number of hydrogen-bond donors (Lipinski definition) is 2. The van der Waals surface area contributed by atoms with Gasteiger partial charge < -0.3 is 10.2 Å². The second-order valence-electron chi connectivity index (χ2n) is 5.47. The number of thiocarbonyl (C=S) groups is 1. The molecule has 0 aromatic heterocycles. The molecule has 5 nitrogen and oxygen atoms in total. The molecule has 0 aliphatic rings. The molecule has 0 atom stereocenters. The van der Waals surface area contributed by atoms with Crippen molar-refractivity contribution in [1.29, 1.82) is 0 Å². The summed E-state index contributed by atoms with van der Waals surface area (Å²) in [7, 11) is 0. The summed E-state index contributed by atoms with van der Waals surface area (Å²) in [5.41, 5.74) is 1.82. The fourth-order valence-corrected chi connectivity index (χ4v) is 2.80. The largest absolute Gasteiger partial charge is 0.339 e. The molecule has 0 heterocycles. The maximum absolute atomic E-state index is 12.3. The lowest BCUT2D eigenvalue weighted by molar-refractivity contribution is 0.0772. The van der Waals surface area contributed by atoms with Crippen LogP contribution in [0.1, 0.15) is 34.6 Å². The molecule has 0 unspecified atom stereocenters. The Labute approximate surface area is 166 Å². The van der Waals surface area contributed by atoms with Crippen LogP contribution in [0.5, 0.6) is 0 Å². The molecule has 0 radical (unpaired) electrons. The number of benzene rings is 2. The Hall–Kier alpha value is -2.25. The first-order valence-corrected chi connectivity index (χ1v) is 9.42. The minimum atomic E-state index is -0.289. The molecule has 0 saturated carbocycles. The molecule has 0 saturated heterocycles. The van der Waals surface area contributed by atoms with E-state index in [1.807, 2.05) is 13.8 Å². The predicted octanol–water partition coefficient (Wildman–Crippen LogP) is 4.06. The second-order valence-corrected chi connectivity index (χ2v) is 6.79. The first-order valence-electron chi connectivity index (χ1n) is 8.21. The monoisotopic (exact) mass is 433 g/mol. The van der Waals surface area contributed by atoms with Crippen LogP contribution in [-0.2, 0) is 0 Å². The van der Waals surface area contributed by atoms with Crippen LogP contribution in [0.4, 0.5) is 5.69 Å². The van der Waals surface area contributed by atoms with Crippen LogP contribution in [0, 0.1) is 0 Å². The minimum absolute atomic E-state index is 0.00679. The maximum Gasteiger partial charge on any atom is 0.257 e. The van der Waals surface area contributed by atoms with E-state index in [1.54, 1.807) is 53.4 Å². The highest BCUT2D eigenvalue weighted by atomic mass is 79.9. The Kier molecular flexibility index (Phi) is 7.29. The molecule has 2 aromatic rings. The number of nitrogens with zero attached hydrogens (tertiary/aromatic N) is 1. The Morgan fingerprint density at radius 2 is 1.50 bits per heavy atom. The van der Waals surface area contributed by atoms with Gasteiger partial charge in [-0.15, -0.1) is 0 Å². The van der Waals surface area contributed by atoms with E-state index < -0.39 is 0 Å². The molecule has 2 rings (SSSR count). The fourth-order valence-electron chi connectivity index (χ4n) is 2.33. The topological polar surface area (TPSA) is 61.4 Å². The first kappa shape index (κ1) is 20.1. The average molecular weight is 434 g/mol. The summed E-state index contributed by atoms with van der Waals surface area (Å²) in [5.74, 6) is -0.295. The van der Waals surface area contributed by atoms with E-state index in [9.17, 15) is 9.59 Å². The summed E-state index contributed by atoms with van der Waals surface area (Å²) < 4.78 is 0.897. The summed E-state index contributed by atoms with van der Waals surface area (Å²) in [5, 5.41) is 5.77. The Morgan fingerprint density at radius 3 is 2.04 bits per heavy atom. The molecule has 26 heavy (non-hydrogen) atoms. The molecule has 136 valence electrons. The van der Waals surface area contributed by atoms with Gasteiger partial charge in [-0.2, -0.15) is 0 Å². The molecular weight excluding hydrogens is 414 g/mol. The van der Waals surface area contributed by atoms with Crippen molar-refractivity contribution in [2.45, 2.75) is 13.8 Å². The number of rotatable bonds is 5. The van der Waals surface area contributed by atoms with Gasteiger partial charge in [0.15, 0.2) is 5.11 Å². The number of carbonyl (C=O) groups is 2. The number of halogens is 1. The fraction of sp³-hybridized carbons (Fsp3) is 0.211. The standard InChI is InChI=1S/C19H20BrN3O2S/c1-3-23(4-2)18(25)14-7-11-16(12-8-14)21-19(26)22-17(24)13-5-9-15(20)10-6-13/h5-12H,3-4H2,1-2H3,(H2,21,22,24,26). The predicted molar refractivity (Wildman–Crippen MR) is 112 cm³/mol. The molecule has 2 aromatic carbocycles. The summed E-state index contributed by atoms with van der Waals surface area (Å²) >= 11 is 8.50. The van der Waals surface area contributed by atoms with Crippen molar-refractivity contribution < 1.29 is 9.59 Å². The zero-order valence-corrected chi connectivity index (χ0v) is 17.0. The van der Waals surface area contributed by atoms with Crippen molar-refractivity contribution in [3.05, 3.63) is 64.1 Å². The number of anilines is 1. The molecule has 7 heteroatoms. The van der Waals surface area contributed by atoms with E-state index in [4.69, 9.17) is 12.2 Å². The summed E-state index contributed by atoms with van der Waals surface area (Å²) in [6, 6.07) is 14.0. The molecule has 0 spiro atoms. The van der Waals surface area contributed by atoms with Gasteiger partial charge in [-0.05, 0) is 74.6 Å². The van der Waals surface area contributed by atoms with Crippen LogP contribution < -0.4 is 10.6 Å². The van der Waals surface area contributed by atoms with Gasteiger partial charge >= 0.3 is 0 Å². The number of nitrogens with one attached hydrogen (secondary N) is 2. The zero-order valence-electron chi connectivity index (χ0n) is 14.6. The summed E-state index contributed by atoms with van der Waals surface area (Å²) in [6.07, 6.45) is 0. The van der Waals surface area contributed by atoms with Gasteiger partial charge in [0.2, 0.25) is 0 Å². The maximum atomic E-state index is 12.3. The molecule has 2 N–H and O–H groups in total. The quantitative estimate of drug-likeness (QED) is 0.697. The van der Waals surface area contributed by atoms with Gasteiger partial charge in [0.25, 0.3) is 11.8 Å². The first-order chi connectivity index (χ1) is 12.4. The van der Waals surface area contributed by atoms with Gasteiger partial charge in [-0.1, -0.05) is 15.9 Å². The van der Waals surface area contributed by atoms with Crippen molar-refractivity contribution in [3.8, 4) is 0 Å². The summed E-state index contributed by atoms with van der Waals surface area (Å²) in [6.45, 7) is 5.23. The average Bonchev–Trinajstić information content (AvgIpc) is 2.63. The normalized spacial score (nSPS) is 10.1. The lowest BCUT2D eigenvalue weighted by Gasteiger charge is -2.18. The van der Waals surface area contributed by atoms with Crippen LogP contribution in [0.15, 0.2) is 53.0 Å². The molecule has 0 fully saturated rings. The summed E-state index contributed by atoms with van der Waals surface area (Å²) in [4.78, 5) is 26.2. The van der Waals surface area contributed by atoms with Crippen molar-refractivity contribution in [2.24, 2.45) is 0 Å². The van der Waals surface area contributed by atoms with Gasteiger partial charge in [0, 0.05) is 34.4 Å². The molecule has 0 aliphatic heterocycles. The van der Waals surface area contributed by atoms with E-state index >= 15 is 0 Å². The third kappa shape index (κ3) is 5.37. The van der Waals surface area contributed by atoms with Crippen LogP contribution in [0.3, 0.4) is 0 Å². The van der Waals surface area contributed by atoms with E-state index in [1.165, 1.54) is 0 Å². The molecule has 2 amide bonds. The molecule has 0 aliphatic carbocycles. The number of amides is 2. The van der Waals surface area contributed by atoms with Crippen LogP contribution in [0.2, 0.25) is 0 Å². The van der Waals surface area contributed by atoms with Crippen LogP contribution in [-0.4, -0.2) is 34.9 Å². The van der Waals surface area contributed by atoms with Crippen LogP contribution >= 0.6 is 28.1 Å². The highest BCUT2D eigenvalue weighted by Gasteiger charge is 2.12. The van der Waals surface area contributed by atoms with Gasteiger partial charge in [-0.25, -0.2) is 0 Å². The smallest absolute Gasteiger partial charge is 0.257 e. The van der Waals surface area contributed by atoms with E-state index in [0.717, 1.165) is 4.47 Å². The Balaban J connectivity index is 1.95. The van der Waals surface area contributed by atoms with Gasteiger partial charge in [-0.3, -0.25) is 14.9 Å². The van der Waals surface area contributed by atoms with E-state index in [0.29, 0.717) is 29.9 Å². The highest BCUT2D eigenvalue weighted by Crippen LogP contribution is 2.13. The molecular formula is C19H20BrN3O2S. The lowest BCUT2D eigenvalue weighted by Crippen LogP contribution is -2.34. The third-order valence-electron chi connectivity index (χ3n) is 3.77. The molecule has 0 bridgehead atoms. The van der Waals surface area contributed by atoms with Crippen molar-refractivity contribution in [3.63, 3.8) is 0 Å². The number of carbonyl (C=O) groups excluding carboxylic acids is 2. The SMILES string of the molecule is CCN(CC)C(=O)c1ccc(NC(=S)NC(=O)c2ccc(Br)cc2)cc1. The highest BCUT2D eigenvalue weighted by molar-refractivity contribution is 9.10. The second kappa shape index (κ2) is 9.45. The van der Waals surface area contributed by atoms with E-state index in [-0.39, 0.29) is 16.9 Å². The van der Waals surface area contributed by atoms with Crippen LogP contribution in [0.25, 0.3) is 0 Å². The lowest BCUT2D eigenvalue weighted by atomic mass is 10.2. The van der Waals surface area contributed by atoms with E-state index in [2.05, 4.69) is 26.6 Å². The van der Waals surface area contributed by atoms with Crippen molar-refractivity contribution in [1.82, 2.24) is 10.2 Å². The third-order valence-corrected chi connectivity index (χ3v) is 4.51. The van der Waals surface area contributed by atoms with Crippen molar-refractivity contribution >= 4 is 50.8 Å². The minimum Gasteiger partial charge on any atom is -0.339 e. The zero-order chi connectivity index (χ0) is 19.1. The Morgan fingerprint density at radius 1 is 0.962 bits per heavy atom. The number of hydrogen-bond acceptors (Lipinski definition) is 3. The van der Waals surface area contributed by atoms with Gasteiger partial charge in [0.1, 0.15) is 0 Å². The van der Waals surface area contributed by atoms with Crippen molar-refractivity contribution in [2.75, 3.05) is 18.4 Å². The Bertz CT molecular complexity index is 787.